The van der Waals surface area contributed by atoms with Crippen molar-refractivity contribution in [3.05, 3.63) is 50.5 Å². The van der Waals surface area contributed by atoms with Crippen LogP contribution in [0.5, 0.6) is 0 Å². The van der Waals surface area contributed by atoms with E-state index < -0.39 is 0 Å². The summed E-state index contributed by atoms with van der Waals surface area (Å²) in [6.45, 7) is 1.15. The van der Waals surface area contributed by atoms with Gasteiger partial charge >= 0.3 is 0 Å². The van der Waals surface area contributed by atoms with E-state index in [-0.39, 0.29) is 12.0 Å². The van der Waals surface area contributed by atoms with Gasteiger partial charge in [0.25, 0.3) is 10.7 Å². The maximum atomic E-state index is 12.3. The van der Waals surface area contributed by atoms with E-state index in [4.69, 9.17) is 21.4 Å². The molecule has 0 fully saturated rings. The summed E-state index contributed by atoms with van der Waals surface area (Å²) in [4.78, 5) is 16.9. The number of hydrogen-bond acceptors (Lipinski definition) is 5. The minimum absolute atomic E-state index is 0.0751. The van der Waals surface area contributed by atoms with Crippen LogP contribution in [0.2, 0.25) is 0 Å². The van der Waals surface area contributed by atoms with Gasteiger partial charge in [0.1, 0.15) is 6.10 Å². The van der Waals surface area contributed by atoms with Crippen LogP contribution in [-0.2, 0) is 11.2 Å². The molecule has 7 heteroatoms. The Kier molecular flexibility index (Phi) is 3.76. The Morgan fingerprint density at radius 1 is 1.43 bits per heavy atom. The summed E-state index contributed by atoms with van der Waals surface area (Å²) < 4.78 is 11.1. The Morgan fingerprint density at radius 3 is 3.26 bits per heavy atom. The van der Waals surface area contributed by atoms with Crippen molar-refractivity contribution in [2.45, 2.75) is 12.5 Å². The van der Waals surface area contributed by atoms with Crippen molar-refractivity contribution < 1.29 is 13.9 Å². The lowest BCUT2D eigenvalue weighted by Crippen LogP contribution is -2.31. The quantitative estimate of drug-likeness (QED) is 0.711. The molecule has 2 aromatic heterocycles. The summed E-state index contributed by atoms with van der Waals surface area (Å²) in [6, 6.07) is 7.30. The smallest absolute Gasteiger partial charge is 0.266 e. The monoisotopic (exact) mass is 346 g/mol. The Morgan fingerprint density at radius 2 is 2.35 bits per heavy atom. The molecule has 1 aromatic carbocycles. The molecule has 0 unspecified atom stereocenters. The van der Waals surface area contributed by atoms with Crippen LogP contribution >= 0.6 is 23.6 Å². The number of oxazole rings is 1. The molecule has 4 rings (SSSR count). The number of carbonyl (C=O) groups excluding carboxylic acids is 1. The number of amides is 1. The second-order valence-electron chi connectivity index (χ2n) is 5.34. The van der Waals surface area contributed by atoms with Crippen LogP contribution in [-0.4, -0.2) is 24.0 Å². The zero-order chi connectivity index (χ0) is 15.8. The molecular formula is C16H14N2O3S2. The summed E-state index contributed by atoms with van der Waals surface area (Å²) in [5.74, 6) is -0.153. The molecule has 0 bridgehead atoms. The first-order valence-electron chi connectivity index (χ1n) is 7.29. The number of thiophene rings is 1. The van der Waals surface area contributed by atoms with Crippen LogP contribution in [0.4, 0.5) is 0 Å². The topological polar surface area (TPSA) is 67.3 Å². The molecule has 0 saturated carbocycles. The molecule has 2 N–H and O–H groups in total. The van der Waals surface area contributed by atoms with E-state index in [1.54, 1.807) is 29.5 Å². The number of hydrogen-bond donors (Lipinski definition) is 2. The third kappa shape index (κ3) is 2.83. The summed E-state index contributed by atoms with van der Waals surface area (Å²) in [5, 5.41) is 5.00. The average Bonchev–Trinajstić information content (AvgIpc) is 3.16. The molecule has 0 aliphatic carbocycles. The molecule has 23 heavy (non-hydrogen) atoms. The highest BCUT2D eigenvalue weighted by Crippen LogP contribution is 2.30. The number of rotatable bonds is 3. The molecule has 5 nitrogen and oxygen atoms in total. The first kappa shape index (κ1) is 14.6. The summed E-state index contributed by atoms with van der Waals surface area (Å²) in [7, 11) is 0. The van der Waals surface area contributed by atoms with Crippen LogP contribution in [0, 0.1) is 4.84 Å². The Balaban J connectivity index is 1.48. The number of carbonyl (C=O) groups is 1. The standard InChI is InChI=1S/C16H14N2O3S2/c19-15(9-1-2-11-12(7-9)21-16(22)18-11)17-8-13-10-4-6-23-14(10)3-5-20-13/h1-2,4,6-7,13H,3,5,8H2,(H,17,19)(H,18,22)/t13-/m0/s1. The van der Waals surface area contributed by atoms with Gasteiger partial charge in [0.05, 0.1) is 12.1 Å². The fourth-order valence-corrected chi connectivity index (χ4v) is 3.88. The van der Waals surface area contributed by atoms with Crippen molar-refractivity contribution in [1.29, 1.82) is 0 Å². The Labute approximate surface area is 141 Å². The van der Waals surface area contributed by atoms with Gasteiger partial charge in [0.2, 0.25) is 0 Å². The van der Waals surface area contributed by atoms with Gasteiger partial charge in [-0.2, -0.15) is 0 Å². The van der Waals surface area contributed by atoms with Crippen LogP contribution in [0.3, 0.4) is 0 Å². The van der Waals surface area contributed by atoms with E-state index in [1.165, 1.54) is 10.4 Å². The maximum Gasteiger partial charge on any atom is 0.266 e. The van der Waals surface area contributed by atoms with Gasteiger partial charge < -0.3 is 19.5 Å². The SMILES string of the molecule is O=C(NC[C@@H]1OCCc2sccc21)c1ccc2[nH]c(=S)oc2c1. The predicted octanol–water partition coefficient (Wildman–Crippen LogP) is 3.60. The lowest BCUT2D eigenvalue weighted by atomic mass is 10.1. The van der Waals surface area contributed by atoms with E-state index in [0.717, 1.165) is 11.9 Å². The minimum atomic E-state index is -0.153. The third-order valence-electron chi connectivity index (χ3n) is 3.91. The molecule has 1 aliphatic heterocycles. The number of nitrogens with one attached hydrogen (secondary N) is 2. The lowest BCUT2D eigenvalue weighted by molar-refractivity contribution is 0.0423. The zero-order valence-electron chi connectivity index (χ0n) is 12.1. The average molecular weight is 346 g/mol. The molecule has 1 aliphatic rings. The number of aromatic amines is 1. The second kappa shape index (κ2) is 5.92. The summed E-state index contributed by atoms with van der Waals surface area (Å²) >= 11 is 6.69. The van der Waals surface area contributed by atoms with Crippen LogP contribution in [0.25, 0.3) is 11.1 Å². The molecular weight excluding hydrogens is 332 g/mol. The molecule has 0 spiro atoms. The number of aromatic nitrogens is 1. The number of H-pyrrole nitrogens is 1. The minimum Gasteiger partial charge on any atom is -0.429 e. The van der Waals surface area contributed by atoms with Crippen molar-refractivity contribution in [1.82, 2.24) is 10.3 Å². The highest BCUT2D eigenvalue weighted by atomic mass is 32.1. The van der Waals surface area contributed by atoms with Gasteiger partial charge in [-0.05, 0) is 47.4 Å². The lowest BCUT2D eigenvalue weighted by Gasteiger charge is -2.23. The van der Waals surface area contributed by atoms with E-state index in [1.807, 2.05) is 0 Å². The molecule has 3 aromatic rings. The summed E-state index contributed by atoms with van der Waals surface area (Å²) in [5.41, 5.74) is 3.09. The number of fused-ring (bicyclic) bond motifs is 2. The van der Waals surface area contributed by atoms with Gasteiger partial charge in [0, 0.05) is 23.4 Å². The van der Waals surface area contributed by atoms with Crippen molar-refractivity contribution in [3.8, 4) is 0 Å². The van der Waals surface area contributed by atoms with Crippen molar-refractivity contribution in [2.75, 3.05) is 13.2 Å². The molecule has 118 valence electrons. The Bertz CT molecular complexity index is 925. The van der Waals surface area contributed by atoms with Gasteiger partial charge in [-0.1, -0.05) is 0 Å². The maximum absolute atomic E-state index is 12.3. The van der Waals surface area contributed by atoms with Crippen molar-refractivity contribution >= 4 is 40.6 Å². The Hall–Kier alpha value is -1.96. The normalized spacial score (nSPS) is 17.1. The zero-order valence-corrected chi connectivity index (χ0v) is 13.8. The van der Waals surface area contributed by atoms with Gasteiger partial charge in [0.15, 0.2) is 5.58 Å². The molecule has 3 heterocycles. The fraction of sp³-hybridized carbons (Fsp3) is 0.250. The van der Waals surface area contributed by atoms with Crippen molar-refractivity contribution in [2.24, 2.45) is 0 Å². The first-order chi connectivity index (χ1) is 11.2. The molecule has 0 saturated heterocycles. The second-order valence-corrected chi connectivity index (χ2v) is 6.72. The van der Waals surface area contributed by atoms with Crippen LogP contribution < -0.4 is 5.32 Å². The highest BCUT2D eigenvalue weighted by Gasteiger charge is 2.22. The molecule has 1 amide bonds. The van der Waals surface area contributed by atoms with E-state index in [2.05, 4.69) is 21.7 Å². The highest BCUT2D eigenvalue weighted by molar-refractivity contribution is 7.71. The fourth-order valence-electron chi connectivity index (χ4n) is 2.77. The number of ether oxygens (including phenoxy) is 1. The predicted molar refractivity (Wildman–Crippen MR) is 90.4 cm³/mol. The number of benzene rings is 1. The molecule has 1 atom stereocenters. The van der Waals surface area contributed by atoms with Crippen LogP contribution in [0.1, 0.15) is 26.9 Å². The van der Waals surface area contributed by atoms with Crippen LogP contribution in [0.15, 0.2) is 34.1 Å². The van der Waals surface area contributed by atoms with E-state index >= 15 is 0 Å². The third-order valence-corrected chi connectivity index (χ3v) is 5.09. The van der Waals surface area contributed by atoms with Gasteiger partial charge in [-0.25, -0.2) is 0 Å². The first-order valence-corrected chi connectivity index (χ1v) is 8.58. The summed E-state index contributed by atoms with van der Waals surface area (Å²) in [6.07, 6.45) is 0.876. The van der Waals surface area contributed by atoms with Gasteiger partial charge in [-0.15, -0.1) is 11.3 Å². The van der Waals surface area contributed by atoms with Gasteiger partial charge in [-0.3, -0.25) is 4.79 Å². The van der Waals surface area contributed by atoms with Crippen molar-refractivity contribution in [3.63, 3.8) is 0 Å². The van der Waals surface area contributed by atoms with E-state index in [0.29, 0.717) is 29.1 Å². The largest absolute Gasteiger partial charge is 0.429 e. The van der Waals surface area contributed by atoms with E-state index in [9.17, 15) is 4.79 Å². The molecule has 0 radical (unpaired) electrons.